The van der Waals surface area contributed by atoms with E-state index in [4.69, 9.17) is 0 Å². The van der Waals surface area contributed by atoms with E-state index in [2.05, 4.69) is 14.8 Å². The average molecular weight is 266 g/mol. The summed E-state index contributed by atoms with van der Waals surface area (Å²) in [6.45, 7) is 4.09. The van der Waals surface area contributed by atoms with E-state index in [1.54, 1.807) is 0 Å². The molecule has 7 heteroatoms. The molecule has 0 aliphatic heterocycles. The van der Waals surface area contributed by atoms with Crippen LogP contribution in [0, 0.1) is 0 Å². The van der Waals surface area contributed by atoms with Crippen LogP contribution in [0.2, 0.25) is 0 Å². The van der Waals surface area contributed by atoms with Crippen LogP contribution in [0.4, 0.5) is 0 Å². The number of ether oxygens (including phenoxy) is 1. The topological polar surface area (TPSA) is 84.5 Å². The van der Waals surface area contributed by atoms with Crippen LogP contribution < -0.4 is 10.0 Å². The minimum Gasteiger partial charge on any atom is -0.469 e. The SMILES string of the molecule is CCNCCCNS(=O)(=O)CCCC(=O)OC. The number of hydrogen-bond donors (Lipinski definition) is 2. The smallest absolute Gasteiger partial charge is 0.305 e. The lowest BCUT2D eigenvalue weighted by atomic mass is 10.3. The van der Waals surface area contributed by atoms with Crippen molar-refractivity contribution in [1.29, 1.82) is 0 Å². The third-order valence-electron chi connectivity index (χ3n) is 2.12. The van der Waals surface area contributed by atoms with Crippen molar-refractivity contribution in [3.63, 3.8) is 0 Å². The summed E-state index contributed by atoms with van der Waals surface area (Å²) in [5.74, 6) is -0.420. The highest BCUT2D eigenvalue weighted by Gasteiger charge is 2.10. The Morgan fingerprint density at radius 1 is 1.24 bits per heavy atom. The Morgan fingerprint density at radius 2 is 1.94 bits per heavy atom. The van der Waals surface area contributed by atoms with Crippen molar-refractivity contribution in [3.8, 4) is 0 Å². The summed E-state index contributed by atoms with van der Waals surface area (Å²) in [6, 6.07) is 0. The Balaban J connectivity index is 3.62. The number of sulfonamides is 1. The van der Waals surface area contributed by atoms with Gasteiger partial charge in [-0.05, 0) is 25.9 Å². The Morgan fingerprint density at radius 3 is 2.53 bits per heavy atom. The second-order valence-electron chi connectivity index (χ2n) is 3.60. The molecular formula is C10H22N2O4S. The van der Waals surface area contributed by atoms with Crippen molar-refractivity contribution in [2.75, 3.05) is 32.5 Å². The molecule has 0 heterocycles. The molecule has 2 N–H and O–H groups in total. The van der Waals surface area contributed by atoms with Gasteiger partial charge in [0.15, 0.2) is 0 Å². The number of esters is 1. The molecule has 0 rings (SSSR count). The van der Waals surface area contributed by atoms with Gasteiger partial charge in [0.25, 0.3) is 0 Å². The highest BCUT2D eigenvalue weighted by molar-refractivity contribution is 7.89. The molecule has 0 aromatic carbocycles. The predicted octanol–water partition coefficient (Wildman–Crippen LogP) is -0.141. The number of rotatable bonds is 10. The van der Waals surface area contributed by atoms with Crippen LogP contribution in [-0.2, 0) is 19.6 Å². The quantitative estimate of drug-likeness (QED) is 0.424. The largest absolute Gasteiger partial charge is 0.469 e. The third-order valence-corrected chi connectivity index (χ3v) is 3.59. The molecule has 0 aromatic rings. The maximum atomic E-state index is 11.4. The predicted molar refractivity (Wildman–Crippen MR) is 66.2 cm³/mol. The first-order valence-electron chi connectivity index (χ1n) is 5.76. The molecule has 0 unspecified atom stereocenters. The molecule has 0 saturated heterocycles. The number of hydrogen-bond acceptors (Lipinski definition) is 5. The van der Waals surface area contributed by atoms with E-state index in [0.29, 0.717) is 6.54 Å². The van der Waals surface area contributed by atoms with Crippen LogP contribution in [0.5, 0.6) is 0 Å². The molecule has 102 valence electrons. The standard InChI is InChI=1S/C10H22N2O4S/c1-3-11-7-5-8-12-17(14,15)9-4-6-10(13)16-2/h11-12H,3-9H2,1-2H3. The van der Waals surface area contributed by atoms with Gasteiger partial charge in [0.2, 0.25) is 10.0 Å². The number of carbonyl (C=O) groups excluding carboxylic acids is 1. The van der Waals surface area contributed by atoms with E-state index >= 15 is 0 Å². The summed E-state index contributed by atoms with van der Waals surface area (Å²) in [7, 11) is -1.97. The molecule has 17 heavy (non-hydrogen) atoms. The second-order valence-corrected chi connectivity index (χ2v) is 5.53. The van der Waals surface area contributed by atoms with Gasteiger partial charge in [-0.3, -0.25) is 4.79 Å². The molecule has 0 fully saturated rings. The fourth-order valence-electron chi connectivity index (χ4n) is 1.20. The van der Waals surface area contributed by atoms with E-state index in [0.717, 1.165) is 19.5 Å². The van der Waals surface area contributed by atoms with Crippen molar-refractivity contribution in [2.24, 2.45) is 0 Å². The highest BCUT2D eigenvalue weighted by atomic mass is 32.2. The van der Waals surface area contributed by atoms with Crippen molar-refractivity contribution in [2.45, 2.75) is 26.2 Å². The Hall–Kier alpha value is -0.660. The minimum atomic E-state index is -3.26. The van der Waals surface area contributed by atoms with Crippen LogP contribution in [0.25, 0.3) is 0 Å². The summed E-state index contributed by atoms with van der Waals surface area (Å²) in [4.78, 5) is 10.8. The van der Waals surface area contributed by atoms with Crippen molar-refractivity contribution in [3.05, 3.63) is 0 Å². The highest BCUT2D eigenvalue weighted by Crippen LogP contribution is 1.96. The lowest BCUT2D eigenvalue weighted by molar-refractivity contribution is -0.140. The van der Waals surface area contributed by atoms with E-state index in [-0.39, 0.29) is 24.6 Å². The fraction of sp³-hybridized carbons (Fsp3) is 0.900. The number of nitrogens with one attached hydrogen (secondary N) is 2. The van der Waals surface area contributed by atoms with Crippen molar-refractivity contribution < 1.29 is 17.9 Å². The zero-order valence-electron chi connectivity index (χ0n) is 10.5. The molecule has 0 saturated carbocycles. The van der Waals surface area contributed by atoms with Gasteiger partial charge < -0.3 is 10.1 Å². The van der Waals surface area contributed by atoms with Crippen LogP contribution in [0.15, 0.2) is 0 Å². The summed E-state index contributed by atoms with van der Waals surface area (Å²) < 4.78 is 29.8. The maximum absolute atomic E-state index is 11.4. The van der Waals surface area contributed by atoms with E-state index in [1.165, 1.54) is 7.11 Å². The molecule has 0 aliphatic carbocycles. The summed E-state index contributed by atoms with van der Waals surface area (Å²) in [6.07, 6.45) is 1.17. The van der Waals surface area contributed by atoms with Crippen LogP contribution in [0.1, 0.15) is 26.2 Å². The lowest BCUT2D eigenvalue weighted by Crippen LogP contribution is -2.29. The number of carbonyl (C=O) groups is 1. The first-order valence-corrected chi connectivity index (χ1v) is 7.42. The first kappa shape index (κ1) is 16.3. The van der Waals surface area contributed by atoms with Gasteiger partial charge >= 0.3 is 5.97 Å². The zero-order chi connectivity index (χ0) is 13.1. The monoisotopic (exact) mass is 266 g/mol. The van der Waals surface area contributed by atoms with Crippen LogP contribution in [-0.4, -0.2) is 46.9 Å². The molecule has 0 aromatic heterocycles. The first-order chi connectivity index (χ1) is 8.02. The average Bonchev–Trinajstić information content (AvgIpc) is 2.28. The Bertz CT molecular complexity index is 303. The molecule has 6 nitrogen and oxygen atoms in total. The zero-order valence-corrected chi connectivity index (χ0v) is 11.3. The van der Waals surface area contributed by atoms with E-state index in [9.17, 15) is 13.2 Å². The fourth-order valence-corrected chi connectivity index (χ4v) is 2.32. The van der Waals surface area contributed by atoms with Crippen LogP contribution >= 0.6 is 0 Å². The van der Waals surface area contributed by atoms with Crippen LogP contribution in [0.3, 0.4) is 0 Å². The van der Waals surface area contributed by atoms with Gasteiger partial charge in [-0.15, -0.1) is 0 Å². The van der Waals surface area contributed by atoms with E-state index in [1.807, 2.05) is 6.92 Å². The van der Waals surface area contributed by atoms with Gasteiger partial charge in [-0.1, -0.05) is 6.92 Å². The number of methoxy groups -OCH3 is 1. The van der Waals surface area contributed by atoms with E-state index < -0.39 is 10.0 Å². The second kappa shape index (κ2) is 9.38. The van der Waals surface area contributed by atoms with Gasteiger partial charge in [0.05, 0.1) is 12.9 Å². The summed E-state index contributed by atoms with van der Waals surface area (Å²) in [5.41, 5.74) is 0. The van der Waals surface area contributed by atoms with Crippen molar-refractivity contribution >= 4 is 16.0 Å². The molecule has 0 radical (unpaired) electrons. The molecule has 0 spiro atoms. The van der Waals surface area contributed by atoms with Gasteiger partial charge in [0, 0.05) is 13.0 Å². The molecule has 0 amide bonds. The summed E-state index contributed by atoms with van der Waals surface area (Å²) in [5, 5.41) is 3.10. The lowest BCUT2D eigenvalue weighted by Gasteiger charge is -2.06. The Kier molecular flexibility index (Phi) is 9.01. The molecule has 0 bridgehead atoms. The molecular weight excluding hydrogens is 244 g/mol. The third kappa shape index (κ3) is 10.2. The Labute approximate surface area is 103 Å². The molecule has 0 aliphatic rings. The van der Waals surface area contributed by atoms with Gasteiger partial charge in [-0.25, -0.2) is 13.1 Å². The minimum absolute atomic E-state index is 0.0384. The van der Waals surface area contributed by atoms with Gasteiger partial charge in [-0.2, -0.15) is 0 Å². The maximum Gasteiger partial charge on any atom is 0.305 e. The van der Waals surface area contributed by atoms with Crippen molar-refractivity contribution in [1.82, 2.24) is 10.0 Å². The molecule has 0 atom stereocenters. The summed E-state index contributed by atoms with van der Waals surface area (Å²) >= 11 is 0. The van der Waals surface area contributed by atoms with Gasteiger partial charge in [0.1, 0.15) is 0 Å². The normalized spacial score (nSPS) is 11.4.